The number of amides is 1. The van der Waals surface area contributed by atoms with Gasteiger partial charge in [-0.15, -0.1) is 0 Å². The second-order valence-corrected chi connectivity index (χ2v) is 6.51. The minimum Gasteiger partial charge on any atom is -0.378 e. The average Bonchev–Trinajstić information content (AvgIpc) is 2.95. The number of rotatable bonds is 4. The van der Waals surface area contributed by atoms with E-state index in [1.807, 2.05) is 30.3 Å². The van der Waals surface area contributed by atoms with Crippen molar-refractivity contribution in [2.45, 2.75) is 31.4 Å². The summed E-state index contributed by atoms with van der Waals surface area (Å²) in [5.74, 6) is 0.659. The Bertz CT molecular complexity index is 681. The quantitative estimate of drug-likeness (QED) is 0.942. The summed E-state index contributed by atoms with van der Waals surface area (Å²) >= 11 is 0. The van der Waals surface area contributed by atoms with Crippen molar-refractivity contribution in [2.24, 2.45) is 5.92 Å². The highest BCUT2D eigenvalue weighted by molar-refractivity contribution is 5.79. The highest BCUT2D eigenvalue weighted by atomic mass is 16.5. The van der Waals surface area contributed by atoms with Gasteiger partial charge < -0.3 is 10.1 Å². The number of hydrogen-bond acceptors (Lipinski definition) is 2. The van der Waals surface area contributed by atoms with Crippen LogP contribution in [0.5, 0.6) is 0 Å². The molecule has 1 aliphatic carbocycles. The van der Waals surface area contributed by atoms with Gasteiger partial charge in [0.05, 0.1) is 12.5 Å². The first kappa shape index (κ1) is 14.5. The van der Waals surface area contributed by atoms with E-state index in [1.54, 1.807) is 0 Å². The Labute approximate surface area is 136 Å². The van der Waals surface area contributed by atoms with E-state index in [0.29, 0.717) is 24.5 Å². The Hall–Kier alpha value is -2.13. The molecule has 3 nitrogen and oxygen atoms in total. The van der Waals surface area contributed by atoms with E-state index in [1.165, 1.54) is 11.1 Å². The van der Waals surface area contributed by atoms with Gasteiger partial charge in [0.15, 0.2) is 0 Å². The van der Waals surface area contributed by atoms with Gasteiger partial charge in [0.2, 0.25) is 5.91 Å². The van der Waals surface area contributed by atoms with Crippen LogP contribution in [0.3, 0.4) is 0 Å². The summed E-state index contributed by atoms with van der Waals surface area (Å²) in [5, 5.41) is 3.16. The molecular weight excluding hydrogens is 286 g/mol. The predicted molar refractivity (Wildman–Crippen MR) is 90.0 cm³/mol. The third-order valence-electron chi connectivity index (χ3n) is 5.04. The molecule has 2 aromatic rings. The maximum Gasteiger partial charge on any atom is 0.224 e. The highest BCUT2D eigenvalue weighted by Crippen LogP contribution is 2.38. The average molecular weight is 307 g/mol. The number of carbonyl (C=O) groups excluding carboxylic acids is 1. The van der Waals surface area contributed by atoms with Gasteiger partial charge >= 0.3 is 0 Å². The number of ether oxygens (including phenoxy) is 1. The Morgan fingerprint density at radius 2 is 1.78 bits per heavy atom. The molecular formula is C20H21NO2. The molecule has 0 spiro atoms. The van der Waals surface area contributed by atoms with Gasteiger partial charge in [0, 0.05) is 18.6 Å². The fourth-order valence-electron chi connectivity index (χ4n) is 3.65. The third kappa shape index (κ3) is 3.02. The van der Waals surface area contributed by atoms with Crippen molar-refractivity contribution in [2.75, 3.05) is 6.61 Å². The molecule has 0 unspecified atom stereocenters. The fraction of sp³-hybridized carbons (Fsp3) is 0.350. The molecule has 4 rings (SSSR count). The molecule has 2 aromatic carbocycles. The first-order valence-corrected chi connectivity index (χ1v) is 8.35. The topological polar surface area (TPSA) is 38.3 Å². The minimum atomic E-state index is 0.118. The molecule has 0 aromatic heterocycles. The van der Waals surface area contributed by atoms with Crippen LogP contribution in [-0.2, 0) is 16.0 Å². The van der Waals surface area contributed by atoms with Crippen LogP contribution in [0.15, 0.2) is 54.6 Å². The molecule has 1 saturated heterocycles. The van der Waals surface area contributed by atoms with Crippen LogP contribution in [0.2, 0.25) is 0 Å². The standard InChI is InChI=1S/C20H21NO2/c22-20(21-18-13-19-17(18)10-11-23-19)12-14-6-8-16(9-7-14)15-4-2-1-3-5-15/h1-9,17-19H,10-13H2,(H,21,22)/t17-,18+,19+/m0/s1. The summed E-state index contributed by atoms with van der Waals surface area (Å²) in [6.07, 6.45) is 2.90. The van der Waals surface area contributed by atoms with Crippen molar-refractivity contribution in [3.05, 3.63) is 60.2 Å². The zero-order chi connectivity index (χ0) is 15.6. The van der Waals surface area contributed by atoms with Crippen LogP contribution in [0, 0.1) is 5.92 Å². The van der Waals surface area contributed by atoms with Gasteiger partial charge in [-0.1, -0.05) is 54.6 Å². The van der Waals surface area contributed by atoms with E-state index >= 15 is 0 Å². The van der Waals surface area contributed by atoms with Crippen molar-refractivity contribution in [1.82, 2.24) is 5.32 Å². The summed E-state index contributed by atoms with van der Waals surface area (Å²) < 4.78 is 5.59. The molecule has 3 heteroatoms. The number of carbonyl (C=O) groups is 1. The molecule has 0 radical (unpaired) electrons. The molecule has 23 heavy (non-hydrogen) atoms. The van der Waals surface area contributed by atoms with Gasteiger partial charge in [-0.25, -0.2) is 0 Å². The summed E-state index contributed by atoms with van der Waals surface area (Å²) in [6.45, 7) is 0.850. The lowest BCUT2D eigenvalue weighted by Gasteiger charge is -2.39. The van der Waals surface area contributed by atoms with E-state index in [-0.39, 0.29) is 5.91 Å². The van der Waals surface area contributed by atoms with Crippen LogP contribution < -0.4 is 5.32 Å². The van der Waals surface area contributed by atoms with Crippen molar-refractivity contribution in [1.29, 1.82) is 0 Å². The molecule has 1 amide bonds. The lowest BCUT2D eigenvalue weighted by atomic mass is 9.76. The lowest BCUT2D eigenvalue weighted by molar-refractivity contribution is -0.123. The molecule has 118 valence electrons. The first-order valence-electron chi connectivity index (χ1n) is 8.35. The summed E-state index contributed by atoms with van der Waals surface area (Å²) in [6, 6.07) is 18.9. The largest absolute Gasteiger partial charge is 0.378 e. The zero-order valence-corrected chi connectivity index (χ0v) is 13.1. The second-order valence-electron chi connectivity index (χ2n) is 6.51. The zero-order valence-electron chi connectivity index (χ0n) is 13.1. The van der Waals surface area contributed by atoms with Crippen molar-refractivity contribution in [3.8, 4) is 11.1 Å². The van der Waals surface area contributed by atoms with Gasteiger partial charge in [-0.3, -0.25) is 4.79 Å². The summed E-state index contributed by atoms with van der Waals surface area (Å²) in [4.78, 5) is 12.2. The Kier molecular flexibility index (Phi) is 3.88. The molecule has 2 aliphatic rings. The molecule has 1 aliphatic heterocycles. The van der Waals surface area contributed by atoms with Crippen LogP contribution in [-0.4, -0.2) is 24.7 Å². The molecule has 0 bridgehead atoms. The van der Waals surface area contributed by atoms with E-state index < -0.39 is 0 Å². The van der Waals surface area contributed by atoms with Crippen LogP contribution in [0.1, 0.15) is 18.4 Å². The van der Waals surface area contributed by atoms with Crippen molar-refractivity contribution >= 4 is 5.91 Å². The highest BCUT2D eigenvalue weighted by Gasteiger charge is 2.45. The van der Waals surface area contributed by atoms with E-state index in [9.17, 15) is 4.79 Å². The molecule has 2 fully saturated rings. The van der Waals surface area contributed by atoms with Gasteiger partial charge in [-0.05, 0) is 29.5 Å². The minimum absolute atomic E-state index is 0.118. The molecule has 1 heterocycles. The summed E-state index contributed by atoms with van der Waals surface area (Å²) in [7, 11) is 0. The molecule has 1 saturated carbocycles. The third-order valence-corrected chi connectivity index (χ3v) is 5.04. The normalized spacial score (nSPS) is 25.5. The van der Waals surface area contributed by atoms with Crippen LogP contribution in [0.4, 0.5) is 0 Å². The number of benzene rings is 2. The van der Waals surface area contributed by atoms with E-state index in [0.717, 1.165) is 25.0 Å². The monoisotopic (exact) mass is 307 g/mol. The SMILES string of the molecule is O=C(Cc1ccc(-c2ccccc2)cc1)N[C@@H]1C[C@H]2OCC[C@@H]12. The van der Waals surface area contributed by atoms with Crippen LogP contribution >= 0.6 is 0 Å². The summed E-state index contributed by atoms with van der Waals surface area (Å²) in [5.41, 5.74) is 3.44. The maximum absolute atomic E-state index is 12.2. The Morgan fingerprint density at radius 3 is 2.52 bits per heavy atom. The van der Waals surface area contributed by atoms with E-state index in [4.69, 9.17) is 4.74 Å². The van der Waals surface area contributed by atoms with Gasteiger partial charge in [-0.2, -0.15) is 0 Å². The Morgan fingerprint density at radius 1 is 1.04 bits per heavy atom. The first-order chi connectivity index (χ1) is 11.3. The predicted octanol–water partition coefficient (Wildman–Crippen LogP) is 3.19. The van der Waals surface area contributed by atoms with Crippen molar-refractivity contribution < 1.29 is 9.53 Å². The lowest BCUT2D eigenvalue weighted by Crippen LogP contribution is -2.53. The molecule has 3 atom stereocenters. The number of nitrogens with one attached hydrogen (secondary N) is 1. The second kappa shape index (κ2) is 6.17. The number of hydrogen-bond donors (Lipinski definition) is 1. The van der Waals surface area contributed by atoms with Crippen molar-refractivity contribution in [3.63, 3.8) is 0 Å². The fourth-order valence-corrected chi connectivity index (χ4v) is 3.65. The maximum atomic E-state index is 12.2. The van der Waals surface area contributed by atoms with Gasteiger partial charge in [0.25, 0.3) is 0 Å². The van der Waals surface area contributed by atoms with Gasteiger partial charge in [0.1, 0.15) is 0 Å². The number of fused-ring (bicyclic) bond motifs is 1. The molecule has 1 N–H and O–H groups in total. The van der Waals surface area contributed by atoms with Crippen LogP contribution in [0.25, 0.3) is 11.1 Å². The Balaban J connectivity index is 1.34. The smallest absolute Gasteiger partial charge is 0.224 e. The van der Waals surface area contributed by atoms with E-state index in [2.05, 4.69) is 29.6 Å².